The van der Waals surface area contributed by atoms with Crippen LogP contribution in [0.4, 0.5) is 24.8 Å². The maximum absolute atomic E-state index is 13.0. The van der Waals surface area contributed by atoms with E-state index in [1.165, 1.54) is 24.5 Å². The van der Waals surface area contributed by atoms with E-state index < -0.39 is 17.6 Å². The summed E-state index contributed by atoms with van der Waals surface area (Å²) in [5.41, 5.74) is 0.933. The average Bonchev–Trinajstić information content (AvgIpc) is 2.89. The van der Waals surface area contributed by atoms with Crippen LogP contribution in [0, 0.1) is 5.92 Å². The Morgan fingerprint density at radius 1 is 1.03 bits per heavy atom. The molecule has 1 N–H and O–H groups in total. The second-order valence-corrected chi connectivity index (χ2v) is 8.36. The van der Waals surface area contributed by atoms with Gasteiger partial charge in [0.05, 0.1) is 36.2 Å². The molecule has 0 spiro atoms. The maximum Gasteiger partial charge on any atom is 0.416 e. The minimum Gasteiger partial charge on any atom is -0.466 e. The number of ether oxygens (including phenoxy) is 1. The molecule has 0 unspecified atom stereocenters. The van der Waals surface area contributed by atoms with Crippen LogP contribution in [-0.4, -0.2) is 41.5 Å². The van der Waals surface area contributed by atoms with Gasteiger partial charge in [-0.15, -0.1) is 0 Å². The van der Waals surface area contributed by atoms with Crippen LogP contribution in [0.1, 0.15) is 35.7 Å². The number of aromatic nitrogens is 2. The number of alkyl halides is 3. The van der Waals surface area contributed by atoms with Crippen molar-refractivity contribution in [1.29, 1.82) is 0 Å². The van der Waals surface area contributed by atoms with Gasteiger partial charge in [0.1, 0.15) is 0 Å². The quantitative estimate of drug-likeness (QED) is 0.471. The van der Waals surface area contributed by atoms with Crippen molar-refractivity contribution < 1.29 is 27.5 Å². The predicted octanol–water partition coefficient (Wildman–Crippen LogP) is 5.19. The third-order valence-corrected chi connectivity index (χ3v) is 5.99. The van der Waals surface area contributed by atoms with Gasteiger partial charge < -0.3 is 15.0 Å². The van der Waals surface area contributed by atoms with E-state index >= 15 is 0 Å². The van der Waals surface area contributed by atoms with Crippen LogP contribution < -0.4 is 10.2 Å². The topological polar surface area (TPSA) is 84.4 Å². The molecule has 0 bridgehead atoms. The van der Waals surface area contributed by atoms with E-state index in [0.29, 0.717) is 60.9 Å². The number of esters is 1. The first-order chi connectivity index (χ1) is 17.3. The van der Waals surface area contributed by atoms with Crippen LogP contribution in [0.3, 0.4) is 0 Å². The van der Waals surface area contributed by atoms with Crippen molar-refractivity contribution in [2.75, 3.05) is 29.9 Å². The number of amides is 1. The molecule has 1 amide bonds. The van der Waals surface area contributed by atoms with Gasteiger partial charge in [0.15, 0.2) is 0 Å². The van der Waals surface area contributed by atoms with Crippen LogP contribution >= 0.6 is 0 Å². The number of nitrogens with zero attached hydrogens (tertiary/aromatic N) is 3. The largest absolute Gasteiger partial charge is 0.466 e. The fraction of sp³-hybridized carbons (Fsp3) is 0.308. The Morgan fingerprint density at radius 2 is 1.67 bits per heavy atom. The molecule has 1 aromatic heterocycles. The molecule has 1 aliphatic rings. The molecule has 0 atom stereocenters. The Hall–Kier alpha value is -3.95. The van der Waals surface area contributed by atoms with Gasteiger partial charge in [0, 0.05) is 18.7 Å². The summed E-state index contributed by atoms with van der Waals surface area (Å²) in [6, 6.07) is 11.4. The standard InChI is InChI=1S/C26H25F3N4O3/c1-2-36-24(35)18-11-13-33(14-12-18)25-30-15-20(16-31-25)32-23(34)22-6-4-3-5-21(22)17-7-9-19(10-8-17)26(27,28)29/h3-10,15-16,18H,2,11-14H2,1H3,(H,32,34). The molecule has 0 aliphatic carbocycles. The summed E-state index contributed by atoms with van der Waals surface area (Å²) < 4.78 is 43.8. The third-order valence-electron chi connectivity index (χ3n) is 5.99. The summed E-state index contributed by atoms with van der Waals surface area (Å²) in [5, 5.41) is 2.75. The van der Waals surface area contributed by atoms with Crippen molar-refractivity contribution in [2.45, 2.75) is 25.9 Å². The average molecular weight is 499 g/mol. The number of rotatable bonds is 6. The van der Waals surface area contributed by atoms with E-state index in [4.69, 9.17) is 4.74 Å². The monoisotopic (exact) mass is 498 g/mol. The van der Waals surface area contributed by atoms with Crippen LogP contribution in [0.15, 0.2) is 60.9 Å². The zero-order valence-electron chi connectivity index (χ0n) is 19.6. The molecule has 2 aromatic carbocycles. The number of carbonyl (C=O) groups excluding carboxylic acids is 2. The molecule has 2 heterocycles. The van der Waals surface area contributed by atoms with Gasteiger partial charge in [-0.25, -0.2) is 9.97 Å². The number of carbonyl (C=O) groups is 2. The lowest BCUT2D eigenvalue weighted by Gasteiger charge is -2.30. The molecule has 1 aliphatic heterocycles. The Kier molecular flexibility index (Phi) is 7.52. The summed E-state index contributed by atoms with van der Waals surface area (Å²) in [5.74, 6) is -0.227. The summed E-state index contributed by atoms with van der Waals surface area (Å²) in [6.07, 6.45) is -0.127. The first-order valence-electron chi connectivity index (χ1n) is 11.6. The summed E-state index contributed by atoms with van der Waals surface area (Å²) >= 11 is 0. The molecule has 0 radical (unpaired) electrons. The fourth-order valence-electron chi connectivity index (χ4n) is 4.09. The lowest BCUT2D eigenvalue weighted by atomic mass is 9.97. The summed E-state index contributed by atoms with van der Waals surface area (Å²) in [6.45, 7) is 3.39. The van der Waals surface area contributed by atoms with Crippen molar-refractivity contribution in [1.82, 2.24) is 9.97 Å². The Morgan fingerprint density at radius 3 is 2.28 bits per heavy atom. The SMILES string of the molecule is CCOC(=O)C1CCN(c2ncc(NC(=O)c3ccccc3-c3ccc(C(F)(F)F)cc3)cn2)CC1. The number of anilines is 2. The van der Waals surface area contributed by atoms with Crippen LogP contribution in [0.2, 0.25) is 0 Å². The molecule has 1 saturated heterocycles. The van der Waals surface area contributed by atoms with E-state index in [1.807, 2.05) is 4.90 Å². The number of piperidine rings is 1. The zero-order chi connectivity index (χ0) is 25.7. The predicted molar refractivity (Wildman–Crippen MR) is 128 cm³/mol. The first-order valence-corrected chi connectivity index (χ1v) is 11.6. The molecule has 188 valence electrons. The molecule has 4 rings (SSSR count). The number of benzene rings is 2. The van der Waals surface area contributed by atoms with Gasteiger partial charge in [-0.2, -0.15) is 13.2 Å². The van der Waals surface area contributed by atoms with Crippen LogP contribution in [0.5, 0.6) is 0 Å². The highest BCUT2D eigenvalue weighted by molar-refractivity contribution is 6.08. The van der Waals surface area contributed by atoms with E-state index in [2.05, 4.69) is 15.3 Å². The minimum atomic E-state index is -4.43. The lowest BCUT2D eigenvalue weighted by Crippen LogP contribution is -2.37. The highest BCUT2D eigenvalue weighted by Crippen LogP contribution is 2.32. The zero-order valence-corrected chi connectivity index (χ0v) is 19.6. The molecule has 36 heavy (non-hydrogen) atoms. The second-order valence-electron chi connectivity index (χ2n) is 8.36. The molecular weight excluding hydrogens is 473 g/mol. The van der Waals surface area contributed by atoms with Crippen molar-refractivity contribution >= 4 is 23.5 Å². The maximum atomic E-state index is 13.0. The Bertz CT molecular complexity index is 1210. The van der Waals surface area contributed by atoms with Gasteiger partial charge in [0.25, 0.3) is 5.91 Å². The smallest absolute Gasteiger partial charge is 0.416 e. The molecule has 1 fully saturated rings. The van der Waals surface area contributed by atoms with Gasteiger partial charge >= 0.3 is 12.1 Å². The van der Waals surface area contributed by atoms with Gasteiger partial charge in [0.2, 0.25) is 5.95 Å². The first kappa shape index (κ1) is 25.2. The van der Waals surface area contributed by atoms with Crippen molar-refractivity contribution in [3.8, 4) is 11.1 Å². The molecular formula is C26H25F3N4O3. The molecule has 3 aromatic rings. The van der Waals surface area contributed by atoms with Gasteiger partial charge in [-0.05, 0) is 49.1 Å². The molecule has 0 saturated carbocycles. The minimum absolute atomic E-state index is 0.121. The number of nitrogens with one attached hydrogen (secondary N) is 1. The Labute approximate surface area is 206 Å². The normalized spacial score (nSPS) is 14.4. The van der Waals surface area contributed by atoms with Crippen LogP contribution in [-0.2, 0) is 15.7 Å². The van der Waals surface area contributed by atoms with Gasteiger partial charge in [-0.1, -0.05) is 30.3 Å². The van der Waals surface area contributed by atoms with Crippen molar-refractivity contribution in [3.05, 3.63) is 72.1 Å². The number of hydrogen-bond donors (Lipinski definition) is 1. The second kappa shape index (κ2) is 10.8. The Balaban J connectivity index is 1.42. The molecule has 7 nitrogen and oxygen atoms in total. The van der Waals surface area contributed by atoms with Crippen LogP contribution in [0.25, 0.3) is 11.1 Å². The van der Waals surface area contributed by atoms with E-state index in [9.17, 15) is 22.8 Å². The summed E-state index contributed by atoms with van der Waals surface area (Å²) in [7, 11) is 0. The fourth-order valence-corrected chi connectivity index (χ4v) is 4.09. The third kappa shape index (κ3) is 5.81. The van der Waals surface area contributed by atoms with E-state index in [0.717, 1.165) is 12.1 Å². The van der Waals surface area contributed by atoms with Gasteiger partial charge in [-0.3, -0.25) is 9.59 Å². The molecule has 10 heteroatoms. The summed E-state index contributed by atoms with van der Waals surface area (Å²) in [4.78, 5) is 35.6. The number of halogens is 3. The highest BCUT2D eigenvalue weighted by Gasteiger charge is 2.30. The lowest BCUT2D eigenvalue weighted by molar-refractivity contribution is -0.148. The van der Waals surface area contributed by atoms with E-state index in [1.54, 1.807) is 31.2 Å². The highest BCUT2D eigenvalue weighted by atomic mass is 19.4. The van der Waals surface area contributed by atoms with Crippen molar-refractivity contribution in [2.24, 2.45) is 5.92 Å². The van der Waals surface area contributed by atoms with Crippen molar-refractivity contribution in [3.63, 3.8) is 0 Å². The number of hydrogen-bond acceptors (Lipinski definition) is 6. The van der Waals surface area contributed by atoms with E-state index in [-0.39, 0.29) is 11.9 Å².